The molecule has 0 unspecified atom stereocenters. The summed E-state index contributed by atoms with van der Waals surface area (Å²) in [6.45, 7) is 0.328. The third-order valence-corrected chi connectivity index (χ3v) is 4.91. The first-order chi connectivity index (χ1) is 13.4. The second-order valence-electron chi connectivity index (χ2n) is 5.59. The first-order valence-corrected chi connectivity index (χ1v) is 9.56. The summed E-state index contributed by atoms with van der Waals surface area (Å²) in [6, 6.07) is 10.4. The lowest BCUT2D eigenvalue weighted by Crippen LogP contribution is -2.11. The maximum absolute atomic E-state index is 12.5. The molecule has 148 valence electrons. The van der Waals surface area contributed by atoms with Crippen LogP contribution in [0.3, 0.4) is 0 Å². The number of nitrogens with one attached hydrogen (secondary N) is 3. The van der Waals surface area contributed by atoms with Gasteiger partial charge >= 0.3 is 16.2 Å². The molecule has 10 nitrogen and oxygen atoms in total. The Hall–Kier alpha value is -3.31. The number of fused-ring (bicyclic) bond motifs is 1. The van der Waals surface area contributed by atoms with Gasteiger partial charge in [0.2, 0.25) is 5.95 Å². The third-order valence-electron chi connectivity index (χ3n) is 3.65. The average Bonchev–Trinajstić information content (AvgIpc) is 3.07. The molecule has 0 aliphatic heterocycles. The number of imidazole rings is 1. The average molecular weight is 406 g/mol. The summed E-state index contributed by atoms with van der Waals surface area (Å²) in [4.78, 5) is 18.2. The number of benzene rings is 2. The largest absolute Gasteiger partial charge is 0.453 e. The summed E-state index contributed by atoms with van der Waals surface area (Å²) in [5.74, 6) is 0.235. The Morgan fingerprint density at radius 1 is 1.21 bits per heavy atom. The van der Waals surface area contributed by atoms with Crippen molar-refractivity contribution in [2.75, 3.05) is 30.9 Å². The van der Waals surface area contributed by atoms with Gasteiger partial charge in [-0.2, -0.15) is 8.42 Å². The van der Waals surface area contributed by atoms with Gasteiger partial charge in [-0.3, -0.25) is 5.32 Å². The third kappa shape index (κ3) is 4.50. The van der Waals surface area contributed by atoms with Crippen molar-refractivity contribution >= 4 is 38.9 Å². The van der Waals surface area contributed by atoms with E-state index in [1.54, 1.807) is 18.2 Å². The van der Waals surface area contributed by atoms with Crippen LogP contribution in [0.2, 0.25) is 0 Å². The molecule has 0 bridgehead atoms. The normalized spacial score (nSPS) is 11.2. The van der Waals surface area contributed by atoms with Gasteiger partial charge in [-0.15, -0.1) is 0 Å². The number of hydrogen-bond donors (Lipinski definition) is 4. The van der Waals surface area contributed by atoms with Crippen molar-refractivity contribution in [1.82, 2.24) is 9.97 Å². The molecule has 4 N–H and O–H groups in total. The number of aromatic nitrogens is 2. The number of amides is 1. The first-order valence-electron chi connectivity index (χ1n) is 8.15. The summed E-state index contributed by atoms with van der Waals surface area (Å²) >= 11 is 0. The fourth-order valence-electron chi connectivity index (χ4n) is 2.36. The molecule has 0 radical (unpaired) electrons. The van der Waals surface area contributed by atoms with Crippen LogP contribution >= 0.6 is 0 Å². The molecule has 28 heavy (non-hydrogen) atoms. The minimum absolute atomic E-state index is 0.0165. The maximum Gasteiger partial charge on any atom is 0.413 e. The summed E-state index contributed by atoms with van der Waals surface area (Å²) in [7, 11) is -2.81. The number of nitrogens with zero attached hydrogens (tertiary/aromatic N) is 1. The van der Waals surface area contributed by atoms with E-state index in [1.165, 1.54) is 31.4 Å². The molecule has 3 aromatic rings. The van der Waals surface area contributed by atoms with Crippen LogP contribution in [0.5, 0.6) is 5.75 Å². The van der Waals surface area contributed by atoms with Crippen molar-refractivity contribution in [2.45, 2.75) is 4.90 Å². The molecule has 1 aromatic heterocycles. The van der Waals surface area contributed by atoms with Gasteiger partial charge < -0.3 is 24.3 Å². The Kier molecular flexibility index (Phi) is 5.66. The molecule has 0 fully saturated rings. The van der Waals surface area contributed by atoms with Crippen LogP contribution in [0.1, 0.15) is 0 Å². The maximum atomic E-state index is 12.5. The predicted octanol–water partition coefficient (Wildman–Crippen LogP) is 1.91. The zero-order chi connectivity index (χ0) is 20.1. The van der Waals surface area contributed by atoms with Crippen molar-refractivity contribution in [1.29, 1.82) is 0 Å². The second kappa shape index (κ2) is 8.15. The second-order valence-corrected chi connectivity index (χ2v) is 7.14. The number of carbonyl (C=O) groups excluding carboxylic acids is 1. The lowest BCUT2D eigenvalue weighted by Gasteiger charge is -2.08. The zero-order valence-electron chi connectivity index (χ0n) is 14.8. The van der Waals surface area contributed by atoms with E-state index in [9.17, 15) is 13.2 Å². The topological polar surface area (TPSA) is 143 Å². The Morgan fingerprint density at radius 3 is 2.64 bits per heavy atom. The van der Waals surface area contributed by atoms with E-state index >= 15 is 0 Å². The van der Waals surface area contributed by atoms with Gasteiger partial charge in [0.15, 0.2) is 0 Å². The fourth-order valence-corrected chi connectivity index (χ4v) is 3.28. The molecule has 1 heterocycles. The van der Waals surface area contributed by atoms with Crippen molar-refractivity contribution in [3.63, 3.8) is 0 Å². The summed E-state index contributed by atoms with van der Waals surface area (Å²) in [6.07, 6.45) is -0.685. The van der Waals surface area contributed by atoms with Gasteiger partial charge in [-0.25, -0.2) is 9.78 Å². The van der Waals surface area contributed by atoms with E-state index in [0.29, 0.717) is 23.3 Å². The van der Waals surface area contributed by atoms with Crippen molar-refractivity contribution in [3.8, 4) is 5.75 Å². The predicted molar refractivity (Wildman–Crippen MR) is 102 cm³/mol. The van der Waals surface area contributed by atoms with Crippen LogP contribution in [0.25, 0.3) is 11.0 Å². The molecule has 11 heteroatoms. The molecule has 0 spiro atoms. The van der Waals surface area contributed by atoms with Crippen LogP contribution in [-0.4, -0.2) is 49.8 Å². The summed E-state index contributed by atoms with van der Waals surface area (Å²) < 4.78 is 34.6. The Labute approximate surface area is 160 Å². The van der Waals surface area contributed by atoms with E-state index in [0.717, 1.165) is 0 Å². The molecule has 0 aliphatic rings. The molecule has 0 saturated carbocycles. The highest BCUT2D eigenvalue weighted by Crippen LogP contribution is 2.24. The molecule has 0 aliphatic carbocycles. The highest BCUT2D eigenvalue weighted by molar-refractivity contribution is 7.87. The first kappa shape index (κ1) is 19.5. The quantitative estimate of drug-likeness (QED) is 0.436. The van der Waals surface area contributed by atoms with Gasteiger partial charge in [0.05, 0.1) is 24.8 Å². The van der Waals surface area contributed by atoms with Gasteiger partial charge in [0.1, 0.15) is 10.6 Å². The minimum Gasteiger partial charge on any atom is -0.453 e. The van der Waals surface area contributed by atoms with E-state index in [2.05, 4.69) is 25.3 Å². The van der Waals surface area contributed by atoms with Gasteiger partial charge in [-0.1, -0.05) is 0 Å². The zero-order valence-corrected chi connectivity index (χ0v) is 15.6. The molecule has 0 atom stereocenters. The molecular formula is C17H18N4O6S. The lowest BCUT2D eigenvalue weighted by atomic mass is 10.3. The number of methoxy groups -OCH3 is 1. The van der Waals surface area contributed by atoms with Crippen LogP contribution in [0.4, 0.5) is 16.4 Å². The monoisotopic (exact) mass is 406 g/mol. The van der Waals surface area contributed by atoms with Crippen LogP contribution < -0.4 is 14.8 Å². The Morgan fingerprint density at radius 2 is 1.96 bits per heavy atom. The van der Waals surface area contributed by atoms with Crippen LogP contribution in [-0.2, 0) is 14.9 Å². The highest BCUT2D eigenvalue weighted by Gasteiger charge is 2.17. The Bertz CT molecular complexity index is 1080. The SMILES string of the molecule is COC(=O)Nc1nc2cc(OS(=O)(=O)c3ccc(NCCO)cc3)ccc2[nH]1. The van der Waals surface area contributed by atoms with E-state index < -0.39 is 16.2 Å². The molecule has 1 amide bonds. The smallest absolute Gasteiger partial charge is 0.413 e. The molecule has 3 rings (SSSR count). The molecular weight excluding hydrogens is 388 g/mol. The fraction of sp³-hybridized carbons (Fsp3) is 0.176. The number of ether oxygens (including phenoxy) is 1. The summed E-state index contributed by atoms with van der Waals surface area (Å²) in [5.41, 5.74) is 1.66. The van der Waals surface area contributed by atoms with Gasteiger partial charge in [0.25, 0.3) is 0 Å². The van der Waals surface area contributed by atoms with Crippen molar-refractivity contribution in [2.24, 2.45) is 0 Å². The standard InChI is InChI=1S/C17H18N4O6S/c1-26-17(23)21-16-19-14-7-4-12(10-15(14)20-16)27-28(24,25)13-5-2-11(3-6-13)18-8-9-22/h2-7,10,18,22H,8-9H2,1H3,(H2,19,20,21,23). The molecule has 0 saturated heterocycles. The van der Waals surface area contributed by atoms with Gasteiger partial charge in [-0.05, 0) is 36.4 Å². The number of H-pyrrole nitrogens is 1. The van der Waals surface area contributed by atoms with Crippen LogP contribution in [0, 0.1) is 0 Å². The molecule has 2 aromatic carbocycles. The highest BCUT2D eigenvalue weighted by atomic mass is 32.2. The van der Waals surface area contributed by atoms with E-state index in [1.807, 2.05) is 0 Å². The minimum atomic E-state index is -4.04. The van der Waals surface area contributed by atoms with Crippen molar-refractivity contribution in [3.05, 3.63) is 42.5 Å². The Balaban J connectivity index is 1.77. The van der Waals surface area contributed by atoms with Crippen LogP contribution in [0.15, 0.2) is 47.4 Å². The number of aliphatic hydroxyl groups excluding tert-OH is 1. The lowest BCUT2D eigenvalue weighted by molar-refractivity contribution is 0.186. The van der Waals surface area contributed by atoms with Crippen molar-refractivity contribution < 1.29 is 27.2 Å². The summed E-state index contributed by atoms with van der Waals surface area (Å²) in [5, 5.41) is 14.1. The van der Waals surface area contributed by atoms with Gasteiger partial charge in [0, 0.05) is 18.3 Å². The van der Waals surface area contributed by atoms with E-state index in [4.69, 9.17) is 9.29 Å². The number of aromatic amines is 1. The number of anilines is 2. The number of carbonyl (C=O) groups is 1. The van der Waals surface area contributed by atoms with E-state index in [-0.39, 0.29) is 23.2 Å². The number of rotatable bonds is 7. The number of aliphatic hydroxyl groups is 1. The number of hydrogen-bond acceptors (Lipinski definition) is 8.